The third-order valence-electron chi connectivity index (χ3n) is 4.59. The van der Waals surface area contributed by atoms with Crippen molar-refractivity contribution in [2.75, 3.05) is 23.7 Å². The van der Waals surface area contributed by atoms with Gasteiger partial charge in [0.05, 0.1) is 0 Å². The molecule has 3 amide bonds. The summed E-state index contributed by atoms with van der Waals surface area (Å²) in [5.74, 6) is 0.255. The lowest BCUT2D eigenvalue weighted by molar-refractivity contribution is -0.117. The van der Waals surface area contributed by atoms with Crippen molar-refractivity contribution in [1.82, 2.24) is 4.90 Å². The van der Waals surface area contributed by atoms with Crippen LogP contribution in [0.2, 0.25) is 0 Å². The first-order valence-electron chi connectivity index (χ1n) is 8.61. The number of benzene rings is 1. The zero-order valence-corrected chi connectivity index (χ0v) is 13.7. The normalized spacial score (nSPS) is 18.2. The summed E-state index contributed by atoms with van der Waals surface area (Å²) in [5.41, 5.74) is 2.52. The topological polar surface area (TPSA) is 61.4 Å². The van der Waals surface area contributed by atoms with Gasteiger partial charge in [0.2, 0.25) is 5.91 Å². The molecular weight excluding hydrogens is 290 g/mol. The zero-order valence-electron chi connectivity index (χ0n) is 13.7. The van der Waals surface area contributed by atoms with Gasteiger partial charge in [-0.1, -0.05) is 18.9 Å². The number of anilines is 2. The van der Waals surface area contributed by atoms with Crippen molar-refractivity contribution < 1.29 is 9.59 Å². The average Bonchev–Trinajstić information content (AvgIpc) is 3.37. The minimum Gasteiger partial charge on any atom is -0.326 e. The van der Waals surface area contributed by atoms with E-state index in [1.165, 1.54) is 12.8 Å². The van der Waals surface area contributed by atoms with Crippen LogP contribution < -0.4 is 10.6 Å². The second-order valence-electron chi connectivity index (χ2n) is 6.62. The molecule has 1 aliphatic carbocycles. The summed E-state index contributed by atoms with van der Waals surface area (Å²) >= 11 is 0. The Morgan fingerprint density at radius 3 is 2.39 bits per heavy atom. The van der Waals surface area contributed by atoms with Crippen LogP contribution >= 0.6 is 0 Å². The van der Waals surface area contributed by atoms with Gasteiger partial charge in [0.25, 0.3) is 0 Å². The van der Waals surface area contributed by atoms with E-state index in [4.69, 9.17) is 0 Å². The van der Waals surface area contributed by atoms with E-state index < -0.39 is 0 Å². The number of hydrogen-bond acceptors (Lipinski definition) is 2. The lowest BCUT2D eigenvalue weighted by Gasteiger charge is -2.21. The lowest BCUT2D eigenvalue weighted by atomic mass is 10.1. The van der Waals surface area contributed by atoms with Crippen LogP contribution in [0, 0.1) is 12.8 Å². The van der Waals surface area contributed by atoms with Gasteiger partial charge in [0, 0.05) is 30.4 Å². The van der Waals surface area contributed by atoms with Crippen molar-refractivity contribution in [3.8, 4) is 0 Å². The molecule has 1 saturated heterocycles. The fraction of sp³-hybridized carbons (Fsp3) is 0.556. The van der Waals surface area contributed by atoms with Gasteiger partial charge in [-0.05, 0) is 50.3 Å². The number of aryl methyl sites for hydroxylation is 1. The Morgan fingerprint density at radius 1 is 1.04 bits per heavy atom. The van der Waals surface area contributed by atoms with E-state index in [2.05, 4.69) is 10.6 Å². The summed E-state index contributed by atoms with van der Waals surface area (Å²) < 4.78 is 0. The first-order valence-corrected chi connectivity index (χ1v) is 8.61. The molecular formula is C18H25N3O2. The molecule has 0 unspecified atom stereocenters. The molecule has 1 saturated carbocycles. The van der Waals surface area contributed by atoms with Gasteiger partial charge in [0.1, 0.15) is 0 Å². The van der Waals surface area contributed by atoms with Crippen LogP contribution in [0.5, 0.6) is 0 Å². The van der Waals surface area contributed by atoms with Gasteiger partial charge in [0.15, 0.2) is 0 Å². The number of rotatable bonds is 3. The molecule has 0 aromatic heterocycles. The van der Waals surface area contributed by atoms with Crippen molar-refractivity contribution in [3.05, 3.63) is 23.8 Å². The van der Waals surface area contributed by atoms with Crippen LogP contribution in [0.25, 0.3) is 0 Å². The largest absolute Gasteiger partial charge is 0.326 e. The van der Waals surface area contributed by atoms with Gasteiger partial charge < -0.3 is 15.5 Å². The fourth-order valence-electron chi connectivity index (χ4n) is 2.89. The first kappa shape index (κ1) is 15.8. The predicted octanol–water partition coefficient (Wildman–Crippen LogP) is 3.75. The number of nitrogens with zero attached hydrogens (tertiary/aromatic N) is 1. The number of carbonyl (C=O) groups is 2. The summed E-state index contributed by atoms with van der Waals surface area (Å²) in [6, 6.07) is 5.63. The third kappa shape index (κ3) is 4.24. The maximum atomic E-state index is 12.5. The third-order valence-corrected chi connectivity index (χ3v) is 4.59. The minimum atomic E-state index is -0.0410. The minimum absolute atomic E-state index is 0.0410. The van der Waals surface area contributed by atoms with Gasteiger partial charge in [-0.15, -0.1) is 0 Å². The molecule has 0 atom stereocenters. The zero-order chi connectivity index (χ0) is 16.2. The van der Waals surface area contributed by atoms with Crippen LogP contribution in [-0.4, -0.2) is 29.9 Å². The maximum absolute atomic E-state index is 12.5. The molecule has 2 fully saturated rings. The molecule has 3 rings (SSSR count). The molecule has 1 aliphatic heterocycles. The van der Waals surface area contributed by atoms with Crippen molar-refractivity contribution in [2.24, 2.45) is 5.92 Å². The van der Waals surface area contributed by atoms with E-state index in [0.29, 0.717) is 0 Å². The van der Waals surface area contributed by atoms with Crippen LogP contribution in [0.15, 0.2) is 18.2 Å². The molecule has 124 valence electrons. The van der Waals surface area contributed by atoms with Crippen LogP contribution in [-0.2, 0) is 4.79 Å². The predicted molar refractivity (Wildman–Crippen MR) is 91.6 cm³/mol. The van der Waals surface area contributed by atoms with E-state index in [0.717, 1.165) is 55.7 Å². The molecule has 5 nitrogen and oxygen atoms in total. The molecule has 5 heteroatoms. The molecule has 1 aromatic rings. The number of amides is 3. The highest BCUT2D eigenvalue weighted by Crippen LogP contribution is 2.31. The molecule has 1 heterocycles. The Hall–Kier alpha value is -2.04. The summed E-state index contributed by atoms with van der Waals surface area (Å²) in [4.78, 5) is 26.2. The highest BCUT2D eigenvalue weighted by Gasteiger charge is 2.29. The van der Waals surface area contributed by atoms with Crippen molar-refractivity contribution in [1.29, 1.82) is 0 Å². The SMILES string of the molecule is Cc1ccc(NC(=O)C2CC2)cc1NC(=O)N1CCCCCC1. The summed E-state index contributed by atoms with van der Waals surface area (Å²) in [6.45, 7) is 3.61. The molecule has 0 radical (unpaired) electrons. The molecule has 1 aromatic carbocycles. The fourth-order valence-corrected chi connectivity index (χ4v) is 2.89. The van der Waals surface area contributed by atoms with Crippen molar-refractivity contribution in [2.45, 2.75) is 45.4 Å². The maximum Gasteiger partial charge on any atom is 0.321 e. The lowest BCUT2D eigenvalue weighted by Crippen LogP contribution is -2.35. The first-order chi connectivity index (χ1) is 11.1. The summed E-state index contributed by atoms with van der Waals surface area (Å²) in [6.07, 6.45) is 6.51. The standard InChI is InChI=1S/C18H25N3O2/c1-13-6-9-15(19-17(22)14-7-8-14)12-16(13)20-18(23)21-10-4-2-3-5-11-21/h6,9,12,14H,2-5,7-8,10-11H2,1H3,(H,19,22)(H,20,23). The number of hydrogen-bond donors (Lipinski definition) is 2. The Kier molecular flexibility index (Phi) is 4.84. The number of likely N-dealkylation sites (tertiary alicyclic amines) is 1. The molecule has 2 N–H and O–H groups in total. The second kappa shape index (κ2) is 7.02. The summed E-state index contributed by atoms with van der Waals surface area (Å²) in [7, 11) is 0. The van der Waals surface area contributed by atoms with Crippen LogP contribution in [0.4, 0.5) is 16.2 Å². The van der Waals surface area contributed by atoms with Gasteiger partial charge in [-0.2, -0.15) is 0 Å². The smallest absolute Gasteiger partial charge is 0.321 e. The monoisotopic (exact) mass is 315 g/mol. The second-order valence-corrected chi connectivity index (χ2v) is 6.62. The summed E-state index contributed by atoms with van der Waals surface area (Å²) in [5, 5.41) is 5.93. The Labute approximate surface area is 137 Å². The Morgan fingerprint density at radius 2 is 1.74 bits per heavy atom. The van der Waals surface area contributed by atoms with E-state index in [-0.39, 0.29) is 17.9 Å². The average molecular weight is 315 g/mol. The van der Waals surface area contributed by atoms with Gasteiger partial charge >= 0.3 is 6.03 Å². The molecule has 2 aliphatic rings. The van der Waals surface area contributed by atoms with Gasteiger partial charge in [-0.3, -0.25) is 4.79 Å². The Balaban J connectivity index is 1.65. The highest BCUT2D eigenvalue weighted by molar-refractivity contribution is 5.96. The van der Waals surface area contributed by atoms with E-state index in [9.17, 15) is 9.59 Å². The highest BCUT2D eigenvalue weighted by atomic mass is 16.2. The van der Waals surface area contributed by atoms with Crippen LogP contribution in [0.1, 0.15) is 44.1 Å². The van der Waals surface area contributed by atoms with Crippen molar-refractivity contribution in [3.63, 3.8) is 0 Å². The van der Waals surface area contributed by atoms with Crippen molar-refractivity contribution >= 4 is 23.3 Å². The number of nitrogens with one attached hydrogen (secondary N) is 2. The van der Waals surface area contributed by atoms with E-state index in [1.54, 1.807) is 0 Å². The molecule has 0 bridgehead atoms. The van der Waals surface area contributed by atoms with Crippen LogP contribution in [0.3, 0.4) is 0 Å². The molecule has 23 heavy (non-hydrogen) atoms. The number of urea groups is 1. The Bertz CT molecular complexity index is 588. The van der Waals surface area contributed by atoms with E-state index in [1.807, 2.05) is 30.0 Å². The van der Waals surface area contributed by atoms with Gasteiger partial charge in [-0.25, -0.2) is 4.79 Å². The molecule has 0 spiro atoms. The quantitative estimate of drug-likeness (QED) is 0.892. The van der Waals surface area contributed by atoms with E-state index >= 15 is 0 Å². The number of carbonyl (C=O) groups excluding carboxylic acids is 2.